The molecular formula is C16H18N2O5. The molecule has 2 aromatic heterocycles. The summed E-state index contributed by atoms with van der Waals surface area (Å²) in [6.45, 7) is 1.31. The smallest absolute Gasteiger partial charge is 0.305 e. The van der Waals surface area contributed by atoms with Gasteiger partial charge in [-0.25, -0.2) is 0 Å². The number of furan rings is 1. The van der Waals surface area contributed by atoms with Crippen molar-refractivity contribution < 1.29 is 23.8 Å². The normalized spacial score (nSPS) is 15.7. The molecule has 1 aliphatic heterocycles. The first-order valence-electron chi connectivity index (χ1n) is 7.59. The average molecular weight is 318 g/mol. The van der Waals surface area contributed by atoms with Crippen molar-refractivity contribution in [1.29, 1.82) is 0 Å². The van der Waals surface area contributed by atoms with Crippen molar-refractivity contribution in [3.05, 3.63) is 30.3 Å². The van der Waals surface area contributed by atoms with E-state index in [1.165, 1.54) is 12.5 Å². The van der Waals surface area contributed by atoms with Crippen LogP contribution in [-0.4, -0.2) is 52.7 Å². The number of fused-ring (bicyclic) bond motifs is 1. The molecule has 3 rings (SSSR count). The molecule has 2 aromatic rings. The number of carboxylic acid groups (broad SMARTS) is 1. The highest BCUT2D eigenvalue weighted by Gasteiger charge is 2.29. The second kappa shape index (κ2) is 6.78. The lowest BCUT2D eigenvalue weighted by Crippen LogP contribution is -2.44. The Bertz CT molecular complexity index is 705. The summed E-state index contributed by atoms with van der Waals surface area (Å²) in [5, 5.41) is 9.60. The number of amides is 1. The van der Waals surface area contributed by atoms with Gasteiger partial charge >= 0.3 is 5.97 Å². The number of aliphatic carboxylic acids is 1. The van der Waals surface area contributed by atoms with E-state index in [2.05, 4.69) is 4.98 Å². The van der Waals surface area contributed by atoms with Crippen LogP contribution in [0.3, 0.4) is 0 Å². The second-order valence-corrected chi connectivity index (χ2v) is 5.48. The molecule has 0 radical (unpaired) electrons. The Labute approximate surface area is 132 Å². The minimum Gasteiger partial charge on any atom is -0.481 e. The van der Waals surface area contributed by atoms with Gasteiger partial charge in [-0.05, 0) is 25.0 Å². The van der Waals surface area contributed by atoms with Crippen LogP contribution in [0, 0.1) is 0 Å². The van der Waals surface area contributed by atoms with Crippen LogP contribution in [0.5, 0.6) is 0 Å². The van der Waals surface area contributed by atoms with Gasteiger partial charge in [-0.1, -0.05) is 0 Å². The summed E-state index contributed by atoms with van der Waals surface area (Å²) in [6, 6.07) is 3.37. The molecule has 0 aromatic carbocycles. The summed E-state index contributed by atoms with van der Waals surface area (Å²) >= 11 is 0. The van der Waals surface area contributed by atoms with E-state index < -0.39 is 5.97 Å². The maximum Gasteiger partial charge on any atom is 0.305 e. The topological polar surface area (TPSA) is 92.9 Å². The van der Waals surface area contributed by atoms with E-state index in [1.54, 1.807) is 17.0 Å². The van der Waals surface area contributed by atoms with Crippen LogP contribution in [0.2, 0.25) is 0 Å². The lowest BCUT2D eigenvalue weighted by atomic mass is 10.1. The van der Waals surface area contributed by atoms with Gasteiger partial charge in [0, 0.05) is 32.0 Å². The molecule has 7 heteroatoms. The zero-order chi connectivity index (χ0) is 16.2. The number of ether oxygens (including phenoxy) is 1. The molecule has 0 aliphatic carbocycles. The van der Waals surface area contributed by atoms with Crippen molar-refractivity contribution in [3.63, 3.8) is 0 Å². The van der Waals surface area contributed by atoms with E-state index in [1.807, 2.05) is 0 Å². The van der Waals surface area contributed by atoms with Gasteiger partial charge in [-0.2, -0.15) is 0 Å². The highest BCUT2D eigenvalue weighted by Crippen LogP contribution is 2.22. The van der Waals surface area contributed by atoms with E-state index in [0.29, 0.717) is 42.7 Å². The second-order valence-electron chi connectivity index (χ2n) is 5.48. The number of hydrogen-bond acceptors (Lipinski definition) is 5. The van der Waals surface area contributed by atoms with Crippen molar-refractivity contribution >= 4 is 22.8 Å². The van der Waals surface area contributed by atoms with E-state index >= 15 is 0 Å². The maximum atomic E-state index is 13.0. The Kier molecular flexibility index (Phi) is 4.57. The van der Waals surface area contributed by atoms with Crippen LogP contribution >= 0.6 is 0 Å². The van der Waals surface area contributed by atoms with Gasteiger partial charge in [0.05, 0.1) is 18.1 Å². The molecule has 0 unspecified atom stereocenters. The standard InChI is InChI=1S/C16H18N2O5/c19-14(20)2-7-18(11-3-8-22-9-4-11)16(21)15-12-5-10-23-13(12)1-6-17-15/h1,5-6,10-11H,2-4,7-9H2,(H,19,20). The highest BCUT2D eigenvalue weighted by atomic mass is 16.5. The Morgan fingerprint density at radius 3 is 2.83 bits per heavy atom. The average Bonchev–Trinajstić information content (AvgIpc) is 3.04. The lowest BCUT2D eigenvalue weighted by molar-refractivity contribution is -0.137. The molecule has 7 nitrogen and oxygen atoms in total. The largest absolute Gasteiger partial charge is 0.481 e. The van der Waals surface area contributed by atoms with Gasteiger partial charge in [-0.3, -0.25) is 14.6 Å². The lowest BCUT2D eigenvalue weighted by Gasteiger charge is -2.34. The molecule has 0 spiro atoms. The fourth-order valence-electron chi connectivity index (χ4n) is 2.86. The molecule has 122 valence electrons. The zero-order valence-electron chi connectivity index (χ0n) is 12.6. The van der Waals surface area contributed by atoms with Gasteiger partial charge < -0.3 is 19.2 Å². The molecule has 1 fully saturated rings. The zero-order valence-corrected chi connectivity index (χ0v) is 12.6. The first-order valence-corrected chi connectivity index (χ1v) is 7.59. The van der Waals surface area contributed by atoms with Crippen molar-refractivity contribution in [1.82, 2.24) is 9.88 Å². The third-order valence-corrected chi connectivity index (χ3v) is 4.04. The SMILES string of the molecule is O=C(O)CCN(C(=O)c1nccc2occc12)C1CCOCC1. The number of carbonyl (C=O) groups excluding carboxylic acids is 1. The maximum absolute atomic E-state index is 13.0. The fraction of sp³-hybridized carbons (Fsp3) is 0.438. The highest BCUT2D eigenvalue weighted by molar-refractivity contribution is 6.04. The molecule has 3 heterocycles. The molecule has 0 atom stereocenters. The number of pyridine rings is 1. The first-order chi connectivity index (χ1) is 11.2. The van der Waals surface area contributed by atoms with E-state index in [4.69, 9.17) is 14.3 Å². The fourth-order valence-corrected chi connectivity index (χ4v) is 2.86. The van der Waals surface area contributed by atoms with Crippen molar-refractivity contribution in [2.24, 2.45) is 0 Å². The molecule has 0 bridgehead atoms. The van der Waals surface area contributed by atoms with Crippen LogP contribution in [0.15, 0.2) is 29.0 Å². The van der Waals surface area contributed by atoms with E-state index in [0.717, 1.165) is 0 Å². The quantitative estimate of drug-likeness (QED) is 0.905. The molecule has 1 N–H and O–H groups in total. The summed E-state index contributed by atoms with van der Waals surface area (Å²) in [5.74, 6) is -1.19. The van der Waals surface area contributed by atoms with Crippen LogP contribution in [0.4, 0.5) is 0 Å². The summed E-state index contributed by atoms with van der Waals surface area (Å²) in [6.07, 6.45) is 4.35. The van der Waals surface area contributed by atoms with E-state index in [-0.39, 0.29) is 24.9 Å². The molecule has 1 saturated heterocycles. The van der Waals surface area contributed by atoms with Crippen LogP contribution in [-0.2, 0) is 9.53 Å². The number of carbonyl (C=O) groups is 2. The molecule has 1 amide bonds. The third kappa shape index (κ3) is 3.34. The molecule has 23 heavy (non-hydrogen) atoms. The third-order valence-electron chi connectivity index (χ3n) is 4.04. The Morgan fingerprint density at radius 1 is 1.30 bits per heavy atom. The van der Waals surface area contributed by atoms with Gasteiger partial charge in [0.15, 0.2) is 0 Å². The van der Waals surface area contributed by atoms with Crippen LogP contribution in [0.1, 0.15) is 29.8 Å². The van der Waals surface area contributed by atoms with Gasteiger partial charge in [-0.15, -0.1) is 0 Å². The Hall–Kier alpha value is -2.41. The van der Waals surface area contributed by atoms with E-state index in [9.17, 15) is 9.59 Å². The number of aromatic nitrogens is 1. The first kappa shape index (κ1) is 15.5. The van der Waals surface area contributed by atoms with Gasteiger partial charge in [0.2, 0.25) is 0 Å². The van der Waals surface area contributed by atoms with Crippen molar-refractivity contribution in [3.8, 4) is 0 Å². The van der Waals surface area contributed by atoms with Gasteiger partial charge in [0.25, 0.3) is 5.91 Å². The number of nitrogens with zero attached hydrogens (tertiary/aromatic N) is 2. The minimum absolute atomic E-state index is 0.0282. The predicted octanol–water partition coefficient (Wildman–Crippen LogP) is 1.92. The number of rotatable bonds is 5. The van der Waals surface area contributed by atoms with Crippen molar-refractivity contribution in [2.75, 3.05) is 19.8 Å². The minimum atomic E-state index is -0.927. The Morgan fingerprint density at radius 2 is 2.09 bits per heavy atom. The monoisotopic (exact) mass is 318 g/mol. The van der Waals surface area contributed by atoms with Crippen molar-refractivity contribution in [2.45, 2.75) is 25.3 Å². The molecule has 0 saturated carbocycles. The number of hydrogen-bond donors (Lipinski definition) is 1. The van der Waals surface area contributed by atoms with Crippen LogP contribution in [0.25, 0.3) is 11.0 Å². The molecule has 1 aliphatic rings. The van der Waals surface area contributed by atoms with Crippen LogP contribution < -0.4 is 0 Å². The Balaban J connectivity index is 1.89. The van der Waals surface area contributed by atoms with Gasteiger partial charge in [0.1, 0.15) is 11.3 Å². The summed E-state index contributed by atoms with van der Waals surface area (Å²) in [7, 11) is 0. The predicted molar refractivity (Wildman–Crippen MR) is 81.1 cm³/mol. The summed E-state index contributed by atoms with van der Waals surface area (Å²) in [4.78, 5) is 29.7. The summed E-state index contributed by atoms with van der Waals surface area (Å²) < 4.78 is 10.6. The summed E-state index contributed by atoms with van der Waals surface area (Å²) in [5.41, 5.74) is 0.890. The molecular weight excluding hydrogens is 300 g/mol. The number of carboxylic acids is 1.